The van der Waals surface area contributed by atoms with Gasteiger partial charge >= 0.3 is 0 Å². The highest BCUT2D eigenvalue weighted by Gasteiger charge is 2.04. The Bertz CT molecular complexity index is 737. The second kappa shape index (κ2) is 5.50. The van der Waals surface area contributed by atoms with Crippen molar-refractivity contribution in [2.24, 2.45) is 0 Å². The second-order valence-corrected chi connectivity index (χ2v) is 5.60. The smallest absolute Gasteiger partial charge is 0.187 e. The van der Waals surface area contributed by atoms with Crippen molar-refractivity contribution in [2.75, 3.05) is 11.5 Å². The molecule has 5 nitrogen and oxygen atoms in total. The Morgan fingerprint density at radius 3 is 3.00 bits per heavy atom. The van der Waals surface area contributed by atoms with Crippen LogP contribution in [0.1, 0.15) is 11.5 Å². The van der Waals surface area contributed by atoms with Crippen LogP contribution in [0.15, 0.2) is 35.6 Å². The van der Waals surface area contributed by atoms with E-state index in [1.54, 1.807) is 18.0 Å². The number of nitrogens with two attached hydrogens (primary N) is 1. The number of H-pyrrole nitrogens is 1. The molecule has 0 spiro atoms. The fourth-order valence-corrected chi connectivity index (χ4v) is 2.75. The number of hydrogen-bond donors (Lipinski definition) is 2. The van der Waals surface area contributed by atoms with E-state index < -0.39 is 0 Å². The van der Waals surface area contributed by atoms with Crippen molar-refractivity contribution in [1.29, 1.82) is 0 Å². The molecule has 0 atom stereocenters. The van der Waals surface area contributed by atoms with Gasteiger partial charge in [-0.25, -0.2) is 15.0 Å². The molecule has 20 heavy (non-hydrogen) atoms. The maximum absolute atomic E-state index is 5.75. The van der Waals surface area contributed by atoms with Crippen LogP contribution in [0.25, 0.3) is 11.0 Å². The van der Waals surface area contributed by atoms with Gasteiger partial charge < -0.3 is 10.7 Å². The number of aryl methyl sites for hydroxylation is 2. The van der Waals surface area contributed by atoms with Crippen LogP contribution in [0.5, 0.6) is 0 Å². The summed E-state index contributed by atoms with van der Waals surface area (Å²) in [6, 6.07) is 7.60. The fourth-order valence-electron chi connectivity index (χ4n) is 1.93. The van der Waals surface area contributed by atoms with E-state index in [9.17, 15) is 0 Å². The van der Waals surface area contributed by atoms with Crippen LogP contribution in [-0.2, 0) is 6.42 Å². The minimum Gasteiger partial charge on any atom is -0.399 e. The van der Waals surface area contributed by atoms with Gasteiger partial charge in [0.15, 0.2) is 5.16 Å². The molecule has 0 aliphatic rings. The first-order valence-electron chi connectivity index (χ1n) is 6.37. The van der Waals surface area contributed by atoms with Crippen LogP contribution >= 0.6 is 11.8 Å². The number of anilines is 1. The van der Waals surface area contributed by atoms with E-state index in [2.05, 4.69) is 19.9 Å². The van der Waals surface area contributed by atoms with Gasteiger partial charge in [-0.2, -0.15) is 0 Å². The zero-order chi connectivity index (χ0) is 13.9. The molecule has 6 heteroatoms. The van der Waals surface area contributed by atoms with Gasteiger partial charge in [-0.05, 0) is 31.2 Å². The van der Waals surface area contributed by atoms with E-state index in [1.165, 1.54) is 0 Å². The Labute approximate surface area is 121 Å². The Hall–Kier alpha value is -2.08. The second-order valence-electron chi connectivity index (χ2n) is 4.54. The molecule has 1 aromatic carbocycles. The van der Waals surface area contributed by atoms with Gasteiger partial charge in [0.05, 0.1) is 11.0 Å². The SMILES string of the molecule is Cc1ccnc(SCCc2nc3ccc(N)cc3[nH]2)n1. The molecule has 0 bridgehead atoms. The lowest BCUT2D eigenvalue weighted by atomic mass is 10.3. The molecule has 0 unspecified atom stereocenters. The summed E-state index contributed by atoms with van der Waals surface area (Å²) >= 11 is 1.64. The molecule has 3 aromatic rings. The first-order valence-corrected chi connectivity index (χ1v) is 7.36. The van der Waals surface area contributed by atoms with Crippen molar-refractivity contribution < 1.29 is 0 Å². The minimum absolute atomic E-state index is 0.746. The Kier molecular flexibility index (Phi) is 3.56. The van der Waals surface area contributed by atoms with Gasteiger partial charge in [0.25, 0.3) is 0 Å². The van der Waals surface area contributed by atoms with E-state index in [-0.39, 0.29) is 0 Å². The third-order valence-electron chi connectivity index (χ3n) is 2.90. The lowest BCUT2D eigenvalue weighted by molar-refractivity contribution is 0.926. The first kappa shape index (κ1) is 12.9. The summed E-state index contributed by atoms with van der Waals surface area (Å²) in [5.41, 5.74) is 9.42. The van der Waals surface area contributed by atoms with Gasteiger partial charge in [-0.15, -0.1) is 0 Å². The Morgan fingerprint density at radius 1 is 1.25 bits per heavy atom. The van der Waals surface area contributed by atoms with E-state index in [4.69, 9.17) is 5.73 Å². The predicted molar refractivity (Wildman–Crippen MR) is 81.7 cm³/mol. The zero-order valence-electron chi connectivity index (χ0n) is 11.1. The van der Waals surface area contributed by atoms with Crippen LogP contribution in [0.2, 0.25) is 0 Å². The molecule has 2 aromatic heterocycles. The summed E-state index contributed by atoms with van der Waals surface area (Å²) in [6.07, 6.45) is 2.63. The van der Waals surface area contributed by atoms with Gasteiger partial charge in [0.1, 0.15) is 5.82 Å². The molecule has 0 aliphatic carbocycles. The number of thioether (sulfide) groups is 1. The standard InChI is InChI=1S/C14H15N5S/c1-9-4-6-16-14(17-9)20-7-5-13-18-11-3-2-10(15)8-12(11)19-13/h2-4,6,8H,5,7,15H2,1H3,(H,18,19). The van der Waals surface area contributed by atoms with Crippen LogP contribution < -0.4 is 5.73 Å². The average Bonchev–Trinajstić information content (AvgIpc) is 2.80. The van der Waals surface area contributed by atoms with Crippen LogP contribution in [0.4, 0.5) is 5.69 Å². The van der Waals surface area contributed by atoms with Crippen molar-refractivity contribution in [3.8, 4) is 0 Å². The molecule has 0 radical (unpaired) electrons. The fraction of sp³-hybridized carbons (Fsp3) is 0.214. The van der Waals surface area contributed by atoms with Gasteiger partial charge in [-0.1, -0.05) is 11.8 Å². The third kappa shape index (κ3) is 2.91. The molecule has 0 fully saturated rings. The highest BCUT2D eigenvalue weighted by molar-refractivity contribution is 7.99. The van der Waals surface area contributed by atoms with Crippen LogP contribution in [0.3, 0.4) is 0 Å². The maximum atomic E-state index is 5.75. The van der Waals surface area contributed by atoms with E-state index in [0.29, 0.717) is 0 Å². The van der Waals surface area contributed by atoms with Crippen molar-refractivity contribution in [3.63, 3.8) is 0 Å². The van der Waals surface area contributed by atoms with E-state index in [0.717, 1.165) is 45.6 Å². The van der Waals surface area contributed by atoms with Gasteiger partial charge in [-0.3, -0.25) is 0 Å². The largest absolute Gasteiger partial charge is 0.399 e. The molecule has 3 rings (SSSR count). The molecule has 3 N–H and O–H groups in total. The van der Waals surface area contributed by atoms with Crippen molar-refractivity contribution in [1.82, 2.24) is 19.9 Å². The lowest BCUT2D eigenvalue weighted by Crippen LogP contribution is -1.94. The molecule has 0 amide bonds. The summed E-state index contributed by atoms with van der Waals surface area (Å²) in [5, 5.41) is 0.811. The Morgan fingerprint density at radius 2 is 2.15 bits per heavy atom. The number of fused-ring (bicyclic) bond motifs is 1. The summed E-state index contributed by atoms with van der Waals surface area (Å²) in [6.45, 7) is 1.97. The molecule has 2 heterocycles. The van der Waals surface area contributed by atoms with Crippen LogP contribution in [0, 0.1) is 6.92 Å². The summed E-state index contributed by atoms with van der Waals surface area (Å²) in [4.78, 5) is 16.4. The summed E-state index contributed by atoms with van der Waals surface area (Å²) in [5.74, 6) is 1.85. The molecular weight excluding hydrogens is 270 g/mol. The van der Waals surface area contributed by atoms with E-state index >= 15 is 0 Å². The first-order chi connectivity index (χ1) is 9.70. The minimum atomic E-state index is 0.746. The number of nitrogens with zero attached hydrogens (tertiary/aromatic N) is 3. The number of nitrogen functional groups attached to an aromatic ring is 1. The topological polar surface area (TPSA) is 80.5 Å². The molecule has 102 valence electrons. The van der Waals surface area contributed by atoms with Crippen molar-refractivity contribution >= 4 is 28.5 Å². The van der Waals surface area contributed by atoms with Crippen molar-refractivity contribution in [3.05, 3.63) is 42.0 Å². The number of nitrogens with one attached hydrogen (secondary N) is 1. The number of benzene rings is 1. The number of aromatic amines is 1. The number of rotatable bonds is 4. The van der Waals surface area contributed by atoms with Crippen molar-refractivity contribution in [2.45, 2.75) is 18.5 Å². The van der Waals surface area contributed by atoms with Gasteiger partial charge in [0, 0.05) is 29.8 Å². The highest BCUT2D eigenvalue weighted by atomic mass is 32.2. The summed E-state index contributed by atoms with van der Waals surface area (Å²) in [7, 11) is 0. The molecule has 0 saturated heterocycles. The predicted octanol–water partition coefficient (Wildman–Crippen LogP) is 2.58. The monoisotopic (exact) mass is 285 g/mol. The average molecular weight is 285 g/mol. The van der Waals surface area contributed by atoms with E-state index in [1.807, 2.05) is 31.2 Å². The number of imidazole rings is 1. The summed E-state index contributed by atoms with van der Waals surface area (Å²) < 4.78 is 0. The normalized spacial score (nSPS) is 11.1. The van der Waals surface area contributed by atoms with Gasteiger partial charge in [0.2, 0.25) is 0 Å². The molecular formula is C14H15N5S. The highest BCUT2D eigenvalue weighted by Crippen LogP contribution is 2.17. The zero-order valence-corrected chi connectivity index (χ0v) is 11.9. The molecule has 0 aliphatic heterocycles. The lowest BCUT2D eigenvalue weighted by Gasteiger charge is -1.99. The Balaban J connectivity index is 1.65. The quantitative estimate of drug-likeness (QED) is 0.437. The van der Waals surface area contributed by atoms with Crippen LogP contribution in [-0.4, -0.2) is 25.7 Å². The number of aromatic nitrogens is 4. The number of hydrogen-bond acceptors (Lipinski definition) is 5. The maximum Gasteiger partial charge on any atom is 0.187 e. The third-order valence-corrected chi connectivity index (χ3v) is 3.76. The molecule has 0 saturated carbocycles.